The highest BCUT2D eigenvalue weighted by molar-refractivity contribution is 7.91. The molecule has 0 aromatic heterocycles. The Morgan fingerprint density at radius 3 is 2.52 bits per heavy atom. The fraction of sp³-hybridized carbons (Fsp3) is 0.562. The molecule has 1 aliphatic rings. The molecular weight excluding hydrogens is 286 g/mol. The van der Waals surface area contributed by atoms with Crippen molar-refractivity contribution in [3.05, 3.63) is 35.9 Å². The van der Waals surface area contributed by atoms with E-state index in [-0.39, 0.29) is 28.7 Å². The summed E-state index contributed by atoms with van der Waals surface area (Å²) in [6, 6.07) is 10.1. The molecule has 1 amide bonds. The van der Waals surface area contributed by atoms with Crippen LogP contribution in [-0.2, 0) is 20.0 Å². The van der Waals surface area contributed by atoms with E-state index in [0.29, 0.717) is 19.4 Å². The van der Waals surface area contributed by atoms with Crippen molar-refractivity contribution in [3.8, 4) is 0 Å². The first kappa shape index (κ1) is 16.0. The number of hydrogen-bond acceptors (Lipinski definition) is 3. The summed E-state index contributed by atoms with van der Waals surface area (Å²) < 4.78 is 22.8. The number of hydrogen-bond donors (Lipinski definition) is 1. The third-order valence-electron chi connectivity index (χ3n) is 4.08. The predicted molar refractivity (Wildman–Crippen MR) is 83.9 cm³/mol. The molecule has 1 aliphatic heterocycles. The van der Waals surface area contributed by atoms with Crippen molar-refractivity contribution >= 4 is 15.7 Å². The van der Waals surface area contributed by atoms with Gasteiger partial charge in [0.15, 0.2) is 9.84 Å². The largest absolute Gasteiger partial charge is 0.355 e. The maximum Gasteiger partial charge on any atom is 0.220 e. The number of carbonyl (C=O) groups excluding carboxylic acids is 1. The van der Waals surface area contributed by atoms with Crippen LogP contribution in [0, 0.1) is 5.92 Å². The van der Waals surface area contributed by atoms with E-state index in [9.17, 15) is 13.2 Å². The molecule has 0 saturated carbocycles. The normalized spacial score (nSPS) is 21.1. The first-order chi connectivity index (χ1) is 9.78. The standard InChI is InChI=1S/C16H23NO3S/c1-16(2,14-6-4-3-5-7-14)12-17-15(18)10-13-8-9-21(19,20)11-13/h3-7,13H,8-12H2,1-2H3,(H,17,18)/t13-/m0/s1. The number of nitrogens with one attached hydrogen (secondary N) is 1. The van der Waals surface area contributed by atoms with Crippen molar-refractivity contribution in [1.82, 2.24) is 5.32 Å². The highest BCUT2D eigenvalue weighted by atomic mass is 32.2. The average Bonchev–Trinajstić information content (AvgIpc) is 2.77. The van der Waals surface area contributed by atoms with Crippen LogP contribution in [0.2, 0.25) is 0 Å². The van der Waals surface area contributed by atoms with Gasteiger partial charge in [0.25, 0.3) is 0 Å². The molecule has 116 valence electrons. The Balaban J connectivity index is 1.84. The Kier molecular flexibility index (Phi) is 4.71. The van der Waals surface area contributed by atoms with E-state index in [1.807, 2.05) is 18.2 Å². The minimum absolute atomic E-state index is 0.0187. The summed E-state index contributed by atoms with van der Waals surface area (Å²) in [7, 11) is -2.91. The van der Waals surface area contributed by atoms with E-state index < -0.39 is 9.84 Å². The minimum atomic E-state index is -2.91. The van der Waals surface area contributed by atoms with Gasteiger partial charge in [-0.3, -0.25) is 4.79 Å². The topological polar surface area (TPSA) is 63.2 Å². The van der Waals surface area contributed by atoms with Crippen LogP contribution < -0.4 is 5.32 Å². The van der Waals surface area contributed by atoms with Crippen LogP contribution in [0.4, 0.5) is 0 Å². The van der Waals surface area contributed by atoms with E-state index in [4.69, 9.17) is 0 Å². The van der Waals surface area contributed by atoms with Crippen molar-refractivity contribution in [3.63, 3.8) is 0 Å². The summed E-state index contributed by atoms with van der Waals surface area (Å²) in [5, 5.41) is 2.94. The molecule has 5 heteroatoms. The quantitative estimate of drug-likeness (QED) is 0.903. The molecule has 0 aliphatic carbocycles. The fourth-order valence-electron chi connectivity index (χ4n) is 2.68. The summed E-state index contributed by atoms with van der Waals surface area (Å²) in [5.41, 5.74) is 1.03. The van der Waals surface area contributed by atoms with E-state index in [1.165, 1.54) is 5.56 Å². The highest BCUT2D eigenvalue weighted by Gasteiger charge is 2.30. The summed E-state index contributed by atoms with van der Waals surface area (Å²) in [6.45, 7) is 4.72. The minimum Gasteiger partial charge on any atom is -0.355 e. The molecule has 0 spiro atoms. The van der Waals surface area contributed by atoms with Crippen molar-refractivity contribution < 1.29 is 13.2 Å². The third kappa shape index (κ3) is 4.56. The Morgan fingerprint density at radius 1 is 1.29 bits per heavy atom. The average molecular weight is 309 g/mol. The zero-order valence-electron chi connectivity index (χ0n) is 12.6. The summed E-state index contributed by atoms with van der Waals surface area (Å²) in [4.78, 5) is 12.0. The van der Waals surface area contributed by atoms with Gasteiger partial charge in [-0.25, -0.2) is 8.42 Å². The SMILES string of the molecule is CC(C)(CNC(=O)C[C@@H]1CCS(=O)(=O)C1)c1ccccc1. The number of rotatable bonds is 5. The lowest BCUT2D eigenvalue weighted by atomic mass is 9.84. The first-order valence-corrected chi connectivity index (χ1v) is 9.13. The molecule has 1 fully saturated rings. The van der Waals surface area contributed by atoms with Crippen LogP contribution in [-0.4, -0.2) is 32.4 Å². The van der Waals surface area contributed by atoms with Crippen LogP contribution in [0.1, 0.15) is 32.3 Å². The van der Waals surface area contributed by atoms with Gasteiger partial charge in [-0.2, -0.15) is 0 Å². The van der Waals surface area contributed by atoms with Gasteiger partial charge >= 0.3 is 0 Å². The Labute approximate surface area is 126 Å². The Morgan fingerprint density at radius 2 is 1.95 bits per heavy atom. The van der Waals surface area contributed by atoms with Crippen LogP contribution in [0.3, 0.4) is 0 Å². The number of benzene rings is 1. The molecule has 1 aromatic rings. The predicted octanol–water partition coefficient (Wildman–Crippen LogP) is 1.91. The van der Waals surface area contributed by atoms with Gasteiger partial charge in [0.2, 0.25) is 5.91 Å². The lowest BCUT2D eigenvalue weighted by Crippen LogP contribution is -2.37. The molecule has 0 bridgehead atoms. The zero-order chi connectivity index (χ0) is 15.5. The Hall–Kier alpha value is -1.36. The van der Waals surface area contributed by atoms with Gasteiger partial charge in [-0.05, 0) is 17.9 Å². The van der Waals surface area contributed by atoms with E-state index in [2.05, 4.69) is 31.3 Å². The van der Waals surface area contributed by atoms with E-state index in [1.54, 1.807) is 0 Å². The molecule has 1 heterocycles. The highest BCUT2D eigenvalue weighted by Crippen LogP contribution is 2.23. The molecule has 1 aromatic carbocycles. The molecule has 21 heavy (non-hydrogen) atoms. The lowest BCUT2D eigenvalue weighted by Gasteiger charge is -2.26. The van der Waals surface area contributed by atoms with Crippen LogP contribution in [0.15, 0.2) is 30.3 Å². The van der Waals surface area contributed by atoms with Crippen molar-refractivity contribution in [2.45, 2.75) is 32.1 Å². The first-order valence-electron chi connectivity index (χ1n) is 7.31. The number of amides is 1. The zero-order valence-corrected chi connectivity index (χ0v) is 13.4. The van der Waals surface area contributed by atoms with Crippen LogP contribution >= 0.6 is 0 Å². The second-order valence-electron chi connectivity index (χ2n) is 6.50. The maximum atomic E-state index is 12.0. The van der Waals surface area contributed by atoms with Gasteiger partial charge < -0.3 is 5.32 Å². The molecule has 2 rings (SSSR count). The van der Waals surface area contributed by atoms with Crippen molar-refractivity contribution in [1.29, 1.82) is 0 Å². The van der Waals surface area contributed by atoms with E-state index in [0.717, 1.165) is 0 Å². The van der Waals surface area contributed by atoms with Gasteiger partial charge in [0.05, 0.1) is 11.5 Å². The van der Waals surface area contributed by atoms with Gasteiger partial charge in [0, 0.05) is 18.4 Å². The van der Waals surface area contributed by atoms with Gasteiger partial charge in [0.1, 0.15) is 0 Å². The summed E-state index contributed by atoms with van der Waals surface area (Å²) >= 11 is 0. The van der Waals surface area contributed by atoms with Crippen LogP contribution in [0.5, 0.6) is 0 Å². The molecular formula is C16H23NO3S. The second-order valence-corrected chi connectivity index (χ2v) is 8.73. The molecule has 4 nitrogen and oxygen atoms in total. The van der Waals surface area contributed by atoms with Crippen molar-refractivity contribution in [2.75, 3.05) is 18.1 Å². The number of sulfone groups is 1. The number of carbonyl (C=O) groups is 1. The smallest absolute Gasteiger partial charge is 0.220 e. The van der Waals surface area contributed by atoms with Gasteiger partial charge in [-0.1, -0.05) is 44.2 Å². The monoisotopic (exact) mass is 309 g/mol. The fourth-order valence-corrected chi connectivity index (χ4v) is 4.54. The summed E-state index contributed by atoms with van der Waals surface area (Å²) in [6.07, 6.45) is 0.919. The molecule has 1 atom stereocenters. The summed E-state index contributed by atoms with van der Waals surface area (Å²) in [5.74, 6) is 0.305. The lowest BCUT2D eigenvalue weighted by molar-refractivity contribution is -0.122. The van der Waals surface area contributed by atoms with Gasteiger partial charge in [-0.15, -0.1) is 0 Å². The van der Waals surface area contributed by atoms with E-state index >= 15 is 0 Å². The van der Waals surface area contributed by atoms with Crippen LogP contribution in [0.25, 0.3) is 0 Å². The molecule has 1 saturated heterocycles. The maximum absolute atomic E-state index is 12.0. The molecule has 1 N–H and O–H groups in total. The molecule has 0 radical (unpaired) electrons. The molecule has 0 unspecified atom stereocenters. The van der Waals surface area contributed by atoms with Crippen molar-refractivity contribution in [2.24, 2.45) is 5.92 Å². The second kappa shape index (κ2) is 6.18. The third-order valence-corrected chi connectivity index (χ3v) is 5.92. The Bertz CT molecular complexity index is 593.